The van der Waals surface area contributed by atoms with Crippen molar-refractivity contribution in [2.75, 3.05) is 13.7 Å². The lowest BCUT2D eigenvalue weighted by Crippen LogP contribution is -2.50. The van der Waals surface area contributed by atoms with Gasteiger partial charge in [0.1, 0.15) is 23.1 Å². The van der Waals surface area contributed by atoms with Crippen LogP contribution < -0.4 is 14.8 Å². The molecule has 1 fully saturated rings. The maximum absolute atomic E-state index is 14.0. The predicted molar refractivity (Wildman–Crippen MR) is 206 cm³/mol. The Morgan fingerprint density at radius 2 is 1.55 bits per heavy atom. The topological polar surface area (TPSA) is 112 Å². The molecule has 1 atom stereocenters. The van der Waals surface area contributed by atoms with Crippen molar-refractivity contribution in [1.82, 2.24) is 10.2 Å². The Labute approximate surface area is 310 Å². The number of nitrogens with zero attached hydrogens (tertiary/aromatic N) is 1. The molecule has 0 spiro atoms. The first-order valence-corrected chi connectivity index (χ1v) is 17.9. The lowest BCUT2D eigenvalue weighted by atomic mass is 9.93. The van der Waals surface area contributed by atoms with Crippen LogP contribution in [0.1, 0.15) is 73.5 Å². The highest BCUT2D eigenvalue weighted by molar-refractivity contribution is 6.35. The molecule has 3 N–H and O–H groups in total. The molecule has 1 aliphatic carbocycles. The third-order valence-corrected chi connectivity index (χ3v) is 9.18. The van der Waals surface area contributed by atoms with E-state index in [2.05, 4.69) is 12.2 Å². The predicted octanol–water partition coefficient (Wildman–Crippen LogP) is 10.0. The zero-order valence-electron chi connectivity index (χ0n) is 29.4. The van der Waals surface area contributed by atoms with Crippen molar-refractivity contribution >= 4 is 47.0 Å². The summed E-state index contributed by atoms with van der Waals surface area (Å²) in [4.78, 5) is 27.1. The van der Waals surface area contributed by atoms with Gasteiger partial charge < -0.3 is 24.8 Å². The number of hydrogen-bond acceptors (Lipinski definition) is 5. The Balaban J connectivity index is 0.00000286. The summed E-state index contributed by atoms with van der Waals surface area (Å²) < 4.78 is 11.2. The fraction of sp³-hybridized carbons (Fsp3) is 0.293. The van der Waals surface area contributed by atoms with Crippen LogP contribution in [0, 0.1) is 5.41 Å². The van der Waals surface area contributed by atoms with Gasteiger partial charge in [-0.05, 0) is 109 Å². The van der Waals surface area contributed by atoms with Gasteiger partial charge in [0.15, 0.2) is 0 Å². The highest BCUT2D eigenvalue weighted by atomic mass is 35.5. The van der Waals surface area contributed by atoms with E-state index < -0.39 is 17.4 Å². The van der Waals surface area contributed by atoms with E-state index in [0.29, 0.717) is 34.5 Å². The number of rotatable bonds is 15. The molecule has 1 amide bonds. The van der Waals surface area contributed by atoms with Gasteiger partial charge in [-0.3, -0.25) is 10.2 Å². The summed E-state index contributed by atoms with van der Waals surface area (Å²) in [5, 5.41) is 22.9. The number of amidine groups is 1. The largest absolute Gasteiger partial charge is 0.497 e. The van der Waals surface area contributed by atoms with Gasteiger partial charge in [-0.1, -0.05) is 80.7 Å². The first-order valence-electron chi connectivity index (χ1n) is 17.2. The molecule has 0 saturated heterocycles. The van der Waals surface area contributed by atoms with Crippen LogP contribution in [0.2, 0.25) is 10.0 Å². The molecule has 0 aliphatic heterocycles. The Morgan fingerprint density at radius 1 is 0.941 bits per heavy atom. The molecule has 0 aromatic heterocycles. The molecule has 51 heavy (non-hydrogen) atoms. The number of halogens is 2. The zero-order valence-corrected chi connectivity index (χ0v) is 30.9. The minimum Gasteiger partial charge on any atom is -0.497 e. The van der Waals surface area contributed by atoms with Crippen molar-refractivity contribution in [1.29, 1.82) is 5.41 Å². The summed E-state index contributed by atoms with van der Waals surface area (Å²) >= 11 is 12.6. The summed E-state index contributed by atoms with van der Waals surface area (Å²) in [7, 11) is 1.61. The molecule has 8 nitrogen and oxygen atoms in total. The number of amides is 1. The van der Waals surface area contributed by atoms with Gasteiger partial charge in [0.25, 0.3) is 0 Å². The average molecular weight is 731 g/mol. The SMILES string of the molecule is CC.CCCCN(/C=C/c1ccc(Cl)cc1Cl)C(=N)C(Cc1ccc(Oc2ccc(C(=O)O)cc2)cc1)NC(=O)C1(c2ccc(OC)cc2)CC1. The maximum Gasteiger partial charge on any atom is 0.335 e. The van der Waals surface area contributed by atoms with Crippen molar-refractivity contribution < 1.29 is 24.2 Å². The van der Waals surface area contributed by atoms with Crippen molar-refractivity contribution in [2.45, 2.75) is 64.3 Å². The number of methoxy groups -OCH3 is 1. The molecule has 0 radical (unpaired) electrons. The average Bonchev–Trinajstić information content (AvgIpc) is 3.96. The number of aromatic carboxylic acids is 1. The molecule has 5 rings (SSSR count). The van der Waals surface area contributed by atoms with E-state index in [9.17, 15) is 15.0 Å². The standard InChI is InChI=1S/C39H39Cl2N3O5.C2H6/c1-3-4-22-44(23-19-27-7-12-30(40)25-34(27)41)36(42)35(43-38(47)39(20-21-39)29-10-17-31(48-2)18-11-29)24-26-5-13-32(14-6-26)49-33-15-8-28(9-16-33)37(45)46;1-2/h5-19,23,25,35,42H,3-4,20-22,24H2,1-2H3,(H,43,47)(H,45,46);1-2H3/b23-19+,42-36?;. The smallest absolute Gasteiger partial charge is 0.335 e. The monoisotopic (exact) mass is 729 g/mol. The Hall–Kier alpha value is -4.79. The maximum atomic E-state index is 14.0. The van der Waals surface area contributed by atoms with E-state index in [1.807, 2.05) is 85.6 Å². The van der Waals surface area contributed by atoms with Crippen LogP contribution in [0.4, 0.5) is 0 Å². The second-order valence-electron chi connectivity index (χ2n) is 12.0. The summed E-state index contributed by atoms with van der Waals surface area (Å²) in [5.41, 5.74) is 2.12. The highest BCUT2D eigenvalue weighted by Gasteiger charge is 2.51. The normalized spacial score (nSPS) is 13.4. The van der Waals surface area contributed by atoms with Crippen LogP contribution in [0.5, 0.6) is 17.2 Å². The summed E-state index contributed by atoms with van der Waals surface area (Å²) in [6.07, 6.45) is 7.29. The number of carboxylic acid groups (broad SMARTS) is 1. The van der Waals surface area contributed by atoms with Crippen molar-refractivity contribution in [2.24, 2.45) is 0 Å². The fourth-order valence-electron chi connectivity index (χ4n) is 5.54. The van der Waals surface area contributed by atoms with Crippen LogP contribution in [-0.4, -0.2) is 47.4 Å². The number of nitrogens with one attached hydrogen (secondary N) is 2. The number of hydrogen-bond donors (Lipinski definition) is 3. The van der Waals surface area contributed by atoms with E-state index in [-0.39, 0.29) is 17.3 Å². The van der Waals surface area contributed by atoms with Gasteiger partial charge in [0.2, 0.25) is 5.91 Å². The van der Waals surface area contributed by atoms with E-state index in [4.69, 9.17) is 37.8 Å². The Morgan fingerprint density at radius 3 is 2.10 bits per heavy atom. The molecule has 1 aliphatic rings. The van der Waals surface area contributed by atoms with Gasteiger partial charge in [-0.25, -0.2) is 4.79 Å². The number of carbonyl (C=O) groups excluding carboxylic acids is 1. The van der Waals surface area contributed by atoms with Gasteiger partial charge in [0, 0.05) is 22.8 Å². The number of carbonyl (C=O) groups is 2. The van der Waals surface area contributed by atoms with Crippen LogP contribution in [-0.2, 0) is 16.6 Å². The molecular weight excluding hydrogens is 685 g/mol. The Bertz CT molecular complexity index is 1800. The third-order valence-electron chi connectivity index (χ3n) is 8.62. The van der Waals surface area contributed by atoms with E-state index >= 15 is 0 Å². The zero-order chi connectivity index (χ0) is 37.0. The minimum absolute atomic E-state index is 0.114. The van der Waals surface area contributed by atoms with Crippen LogP contribution >= 0.6 is 23.2 Å². The number of carboxylic acids is 1. The fourth-order valence-corrected chi connectivity index (χ4v) is 6.01. The summed E-state index contributed by atoms with van der Waals surface area (Å²) in [5.74, 6) is 0.953. The molecule has 4 aromatic rings. The van der Waals surface area contributed by atoms with E-state index in [1.165, 1.54) is 12.1 Å². The second kappa shape index (κ2) is 18.4. The quantitative estimate of drug-likeness (QED) is 0.0830. The lowest BCUT2D eigenvalue weighted by molar-refractivity contribution is -0.123. The van der Waals surface area contributed by atoms with Gasteiger partial charge >= 0.3 is 5.97 Å². The van der Waals surface area contributed by atoms with E-state index in [1.54, 1.807) is 31.4 Å². The molecule has 1 unspecified atom stereocenters. The molecule has 268 valence electrons. The van der Waals surface area contributed by atoms with Gasteiger partial charge in [-0.15, -0.1) is 0 Å². The van der Waals surface area contributed by atoms with Crippen LogP contribution in [0.15, 0.2) is 97.2 Å². The molecule has 10 heteroatoms. The lowest BCUT2D eigenvalue weighted by Gasteiger charge is -2.30. The summed E-state index contributed by atoms with van der Waals surface area (Å²) in [6.45, 7) is 6.68. The molecule has 0 bridgehead atoms. The Kier molecular flexibility index (Phi) is 14.1. The third kappa shape index (κ3) is 10.4. The van der Waals surface area contributed by atoms with Crippen molar-refractivity contribution in [3.05, 3.63) is 129 Å². The van der Waals surface area contributed by atoms with Gasteiger partial charge in [-0.2, -0.15) is 0 Å². The second-order valence-corrected chi connectivity index (χ2v) is 12.9. The number of unbranched alkanes of at least 4 members (excludes halogenated alkanes) is 1. The highest BCUT2D eigenvalue weighted by Crippen LogP contribution is 2.48. The molecular formula is C41H45Cl2N3O5. The van der Waals surface area contributed by atoms with Crippen LogP contribution in [0.25, 0.3) is 6.08 Å². The first-order chi connectivity index (χ1) is 24.6. The van der Waals surface area contributed by atoms with Crippen molar-refractivity contribution in [3.8, 4) is 17.2 Å². The van der Waals surface area contributed by atoms with Crippen LogP contribution in [0.3, 0.4) is 0 Å². The molecule has 1 saturated carbocycles. The number of ether oxygens (including phenoxy) is 2. The summed E-state index contributed by atoms with van der Waals surface area (Å²) in [6, 6.07) is 25.9. The van der Waals surface area contributed by atoms with E-state index in [0.717, 1.165) is 48.1 Å². The number of benzene rings is 4. The molecule has 0 heterocycles. The van der Waals surface area contributed by atoms with Gasteiger partial charge in [0.05, 0.1) is 24.1 Å². The molecule has 4 aromatic carbocycles. The first kappa shape index (κ1) is 39.0. The van der Waals surface area contributed by atoms with Crippen molar-refractivity contribution in [3.63, 3.8) is 0 Å². The minimum atomic E-state index is -1.00.